The van der Waals surface area contributed by atoms with E-state index in [2.05, 4.69) is 23.3 Å². The van der Waals surface area contributed by atoms with Crippen LogP contribution in [-0.2, 0) is 6.54 Å². The highest BCUT2D eigenvalue weighted by Crippen LogP contribution is 2.29. The Balaban J connectivity index is 1.67. The molecule has 1 saturated carbocycles. The van der Waals surface area contributed by atoms with E-state index in [4.69, 9.17) is 0 Å². The van der Waals surface area contributed by atoms with Crippen molar-refractivity contribution in [2.24, 2.45) is 11.8 Å². The Morgan fingerprint density at radius 3 is 3.07 bits per heavy atom. The van der Waals surface area contributed by atoms with Crippen LogP contribution in [0.2, 0.25) is 0 Å². The van der Waals surface area contributed by atoms with E-state index in [0.717, 1.165) is 18.4 Å². The van der Waals surface area contributed by atoms with Crippen LogP contribution in [0.4, 0.5) is 0 Å². The molecule has 2 heteroatoms. The van der Waals surface area contributed by atoms with Crippen LogP contribution in [0.15, 0.2) is 24.5 Å². The molecular weight excluding hydrogens is 184 g/mol. The summed E-state index contributed by atoms with van der Waals surface area (Å²) in [5.41, 5.74) is 1.28. The van der Waals surface area contributed by atoms with E-state index in [9.17, 15) is 0 Å². The minimum absolute atomic E-state index is 0.900. The lowest BCUT2D eigenvalue weighted by Crippen LogP contribution is -2.20. The molecule has 0 spiro atoms. The lowest BCUT2D eigenvalue weighted by atomic mass is 10.1. The van der Waals surface area contributed by atoms with E-state index in [1.807, 2.05) is 18.5 Å². The summed E-state index contributed by atoms with van der Waals surface area (Å²) in [7, 11) is 0. The number of hydrogen-bond acceptors (Lipinski definition) is 2. The van der Waals surface area contributed by atoms with Gasteiger partial charge in [0, 0.05) is 18.9 Å². The van der Waals surface area contributed by atoms with Gasteiger partial charge in [0.15, 0.2) is 0 Å². The van der Waals surface area contributed by atoms with Gasteiger partial charge in [-0.2, -0.15) is 0 Å². The van der Waals surface area contributed by atoms with E-state index in [0.29, 0.717) is 0 Å². The molecular formula is C13H20N2. The fourth-order valence-corrected chi connectivity index (χ4v) is 2.43. The van der Waals surface area contributed by atoms with Crippen molar-refractivity contribution < 1.29 is 0 Å². The van der Waals surface area contributed by atoms with Crippen molar-refractivity contribution in [2.45, 2.75) is 32.7 Å². The summed E-state index contributed by atoms with van der Waals surface area (Å²) in [6.07, 6.45) is 7.98. The molecule has 2 rings (SSSR count). The van der Waals surface area contributed by atoms with Crippen molar-refractivity contribution in [1.82, 2.24) is 10.3 Å². The second kappa shape index (κ2) is 5.26. The summed E-state index contributed by atoms with van der Waals surface area (Å²) < 4.78 is 0. The van der Waals surface area contributed by atoms with Crippen LogP contribution in [0, 0.1) is 11.8 Å². The van der Waals surface area contributed by atoms with E-state index in [1.54, 1.807) is 0 Å². The molecule has 82 valence electrons. The van der Waals surface area contributed by atoms with Gasteiger partial charge < -0.3 is 5.32 Å². The van der Waals surface area contributed by atoms with Crippen LogP contribution >= 0.6 is 0 Å². The molecule has 2 unspecified atom stereocenters. The van der Waals surface area contributed by atoms with Gasteiger partial charge in [0.05, 0.1) is 0 Å². The highest BCUT2D eigenvalue weighted by Gasteiger charge is 2.20. The molecule has 1 N–H and O–H groups in total. The first-order valence-electron chi connectivity index (χ1n) is 5.94. The van der Waals surface area contributed by atoms with Crippen molar-refractivity contribution in [3.8, 4) is 0 Å². The molecule has 0 bridgehead atoms. The lowest BCUT2D eigenvalue weighted by Gasteiger charge is -2.10. The van der Waals surface area contributed by atoms with Gasteiger partial charge >= 0.3 is 0 Å². The second-order valence-corrected chi connectivity index (χ2v) is 4.78. The first-order valence-corrected chi connectivity index (χ1v) is 5.94. The molecule has 1 aliphatic rings. The van der Waals surface area contributed by atoms with Gasteiger partial charge in [-0.25, -0.2) is 0 Å². The SMILES string of the molecule is CC1CCC(CNCc2cccnc2)C1. The zero-order valence-electron chi connectivity index (χ0n) is 9.45. The molecule has 1 heterocycles. The summed E-state index contributed by atoms with van der Waals surface area (Å²) >= 11 is 0. The van der Waals surface area contributed by atoms with E-state index in [1.165, 1.54) is 31.4 Å². The van der Waals surface area contributed by atoms with Gasteiger partial charge in [0.2, 0.25) is 0 Å². The summed E-state index contributed by atoms with van der Waals surface area (Å²) in [5.74, 6) is 1.84. The smallest absolute Gasteiger partial charge is 0.0312 e. The van der Waals surface area contributed by atoms with Gasteiger partial charge in [-0.3, -0.25) is 4.98 Å². The summed E-state index contributed by atoms with van der Waals surface area (Å²) in [5, 5.41) is 3.52. The molecule has 0 radical (unpaired) electrons. The predicted molar refractivity (Wildman–Crippen MR) is 62.4 cm³/mol. The molecule has 15 heavy (non-hydrogen) atoms. The molecule has 2 nitrogen and oxygen atoms in total. The average molecular weight is 204 g/mol. The van der Waals surface area contributed by atoms with Gasteiger partial charge in [0.1, 0.15) is 0 Å². The molecule has 2 atom stereocenters. The van der Waals surface area contributed by atoms with Crippen molar-refractivity contribution in [3.63, 3.8) is 0 Å². The average Bonchev–Trinajstić information content (AvgIpc) is 2.66. The minimum Gasteiger partial charge on any atom is -0.312 e. The van der Waals surface area contributed by atoms with Crippen molar-refractivity contribution in [3.05, 3.63) is 30.1 Å². The molecule has 1 aromatic rings. The van der Waals surface area contributed by atoms with Crippen molar-refractivity contribution in [1.29, 1.82) is 0 Å². The molecule has 1 aromatic heterocycles. The van der Waals surface area contributed by atoms with Crippen LogP contribution in [0.3, 0.4) is 0 Å². The molecule has 1 aliphatic carbocycles. The predicted octanol–water partition coefficient (Wildman–Crippen LogP) is 2.61. The third kappa shape index (κ3) is 3.31. The second-order valence-electron chi connectivity index (χ2n) is 4.78. The fraction of sp³-hybridized carbons (Fsp3) is 0.615. The third-order valence-corrected chi connectivity index (χ3v) is 3.29. The monoisotopic (exact) mass is 204 g/mol. The third-order valence-electron chi connectivity index (χ3n) is 3.29. The Kier molecular flexibility index (Phi) is 3.73. The zero-order chi connectivity index (χ0) is 10.5. The number of nitrogens with zero attached hydrogens (tertiary/aromatic N) is 1. The minimum atomic E-state index is 0.900. The van der Waals surface area contributed by atoms with Gasteiger partial charge in [0.25, 0.3) is 0 Å². The van der Waals surface area contributed by atoms with E-state index >= 15 is 0 Å². The largest absolute Gasteiger partial charge is 0.312 e. The van der Waals surface area contributed by atoms with Gasteiger partial charge in [-0.05, 0) is 42.9 Å². The summed E-state index contributed by atoms with van der Waals surface area (Å²) in [4.78, 5) is 4.11. The fourth-order valence-electron chi connectivity index (χ4n) is 2.43. The number of hydrogen-bond donors (Lipinski definition) is 1. The van der Waals surface area contributed by atoms with Crippen LogP contribution in [-0.4, -0.2) is 11.5 Å². The normalized spacial score (nSPS) is 25.7. The Morgan fingerprint density at radius 1 is 1.47 bits per heavy atom. The summed E-state index contributed by atoms with van der Waals surface area (Å²) in [6, 6.07) is 4.12. The first-order chi connectivity index (χ1) is 7.34. The zero-order valence-corrected chi connectivity index (χ0v) is 9.45. The highest BCUT2D eigenvalue weighted by molar-refractivity contribution is 5.07. The Morgan fingerprint density at radius 2 is 2.40 bits per heavy atom. The van der Waals surface area contributed by atoms with Crippen LogP contribution in [0.25, 0.3) is 0 Å². The molecule has 0 saturated heterocycles. The lowest BCUT2D eigenvalue weighted by molar-refractivity contribution is 0.470. The maximum Gasteiger partial charge on any atom is 0.0312 e. The van der Waals surface area contributed by atoms with Crippen LogP contribution in [0.1, 0.15) is 31.7 Å². The number of aromatic nitrogens is 1. The van der Waals surface area contributed by atoms with Crippen LogP contribution < -0.4 is 5.32 Å². The maximum atomic E-state index is 4.11. The van der Waals surface area contributed by atoms with E-state index in [-0.39, 0.29) is 0 Å². The Hall–Kier alpha value is -0.890. The maximum absolute atomic E-state index is 4.11. The number of rotatable bonds is 4. The van der Waals surface area contributed by atoms with Crippen molar-refractivity contribution >= 4 is 0 Å². The Labute approximate surface area is 92.1 Å². The van der Waals surface area contributed by atoms with Crippen molar-refractivity contribution in [2.75, 3.05) is 6.54 Å². The molecule has 1 fully saturated rings. The highest BCUT2D eigenvalue weighted by atomic mass is 14.9. The molecule has 0 aromatic carbocycles. The first kappa shape index (κ1) is 10.6. The quantitative estimate of drug-likeness (QED) is 0.815. The van der Waals surface area contributed by atoms with E-state index < -0.39 is 0 Å². The molecule has 0 amide bonds. The number of nitrogens with one attached hydrogen (secondary N) is 1. The van der Waals surface area contributed by atoms with Gasteiger partial charge in [-0.15, -0.1) is 0 Å². The summed E-state index contributed by atoms with van der Waals surface area (Å²) in [6.45, 7) is 4.49. The molecule has 0 aliphatic heterocycles. The standard InChI is InChI=1S/C13H20N2/c1-11-4-5-12(7-11)8-15-10-13-3-2-6-14-9-13/h2-3,6,9,11-12,15H,4-5,7-8,10H2,1H3. The Bertz CT molecular complexity index is 284. The van der Waals surface area contributed by atoms with Gasteiger partial charge in [-0.1, -0.05) is 19.4 Å². The van der Waals surface area contributed by atoms with Crippen LogP contribution in [0.5, 0.6) is 0 Å². The topological polar surface area (TPSA) is 24.9 Å². The number of pyridine rings is 1.